The van der Waals surface area contributed by atoms with Gasteiger partial charge in [0, 0.05) is 0 Å². The number of hydrogen-bond acceptors (Lipinski definition) is 0. The Morgan fingerprint density at radius 3 is 1.75 bits per heavy atom. The molecule has 0 fully saturated rings. The van der Waals surface area contributed by atoms with Crippen molar-refractivity contribution in [3.05, 3.63) is 10.7 Å². The first-order valence-corrected chi connectivity index (χ1v) is 1.87. The van der Waals surface area contributed by atoms with Gasteiger partial charge >= 0.3 is 37.7 Å². The molecule has 2 heteroatoms. The van der Waals surface area contributed by atoms with Crippen LogP contribution in [0.1, 0.15) is 0 Å². The zero-order chi connectivity index (χ0) is 2.71. The third kappa shape index (κ3) is 9.29. The minimum atomic E-state index is 0. The number of rotatable bonds is 0. The summed E-state index contributed by atoms with van der Waals surface area (Å²) < 4.78 is 1.72. The summed E-state index contributed by atoms with van der Waals surface area (Å²) in [5, 5.41) is 0. The van der Waals surface area contributed by atoms with Gasteiger partial charge in [0.15, 0.2) is 0 Å². The molecular formula is C2H5CaI. The summed E-state index contributed by atoms with van der Waals surface area (Å²) >= 11 is 2.05. The van der Waals surface area contributed by atoms with E-state index in [1.807, 2.05) is 0 Å². The molecule has 0 atom stereocenters. The normalized spacial score (nSPS) is 3.25. The summed E-state index contributed by atoms with van der Waals surface area (Å²) in [6.45, 7) is 3.35. The molecule has 0 nitrogen and oxygen atoms in total. The van der Waals surface area contributed by atoms with E-state index < -0.39 is 0 Å². The van der Waals surface area contributed by atoms with Crippen LogP contribution in [0.4, 0.5) is 0 Å². The van der Waals surface area contributed by atoms with Crippen LogP contribution >= 0.6 is 22.6 Å². The zero-order valence-corrected chi connectivity index (χ0v) is 3.82. The molecule has 0 aliphatic rings. The molecular weight excluding hydrogens is 191 g/mol. The van der Waals surface area contributed by atoms with Crippen LogP contribution in [0.15, 0.2) is 10.7 Å². The van der Waals surface area contributed by atoms with Crippen molar-refractivity contribution in [2.24, 2.45) is 0 Å². The summed E-state index contributed by atoms with van der Waals surface area (Å²) in [5.74, 6) is 0. The van der Waals surface area contributed by atoms with E-state index in [0.717, 1.165) is 0 Å². The van der Waals surface area contributed by atoms with Crippen LogP contribution in [0.3, 0.4) is 0 Å². The Kier molecular flexibility index (Phi) is 20.3. The standard InChI is InChI=1S/C2H3I.Ca.2H/c1-2-3;;;/h2H,1H2;;;. The van der Waals surface area contributed by atoms with Crippen LogP contribution in [0.5, 0.6) is 0 Å². The molecule has 0 saturated carbocycles. The summed E-state index contributed by atoms with van der Waals surface area (Å²) in [6.07, 6.45) is 0. The van der Waals surface area contributed by atoms with Crippen LogP contribution in [0.25, 0.3) is 0 Å². The van der Waals surface area contributed by atoms with Crippen LogP contribution in [0, 0.1) is 0 Å². The molecule has 0 aromatic carbocycles. The van der Waals surface area contributed by atoms with Crippen molar-refractivity contribution in [2.75, 3.05) is 0 Å². The molecule has 22 valence electrons. The van der Waals surface area contributed by atoms with Crippen molar-refractivity contribution in [3.8, 4) is 0 Å². The van der Waals surface area contributed by atoms with Crippen molar-refractivity contribution in [3.63, 3.8) is 0 Å². The van der Waals surface area contributed by atoms with Gasteiger partial charge in [0.2, 0.25) is 0 Å². The molecule has 4 heavy (non-hydrogen) atoms. The first-order valence-electron chi connectivity index (χ1n) is 0.626. The first-order chi connectivity index (χ1) is 1.41. The second-order valence-electron chi connectivity index (χ2n) is 0.154. The van der Waals surface area contributed by atoms with Gasteiger partial charge in [-0.2, -0.15) is 0 Å². The predicted molar refractivity (Wildman–Crippen MR) is 32.8 cm³/mol. The van der Waals surface area contributed by atoms with Gasteiger partial charge in [0.25, 0.3) is 0 Å². The average molecular weight is 196 g/mol. The fourth-order valence-electron chi connectivity index (χ4n) is 0. The Hall–Kier alpha value is 1.73. The summed E-state index contributed by atoms with van der Waals surface area (Å²) in [4.78, 5) is 0. The van der Waals surface area contributed by atoms with Crippen molar-refractivity contribution in [1.29, 1.82) is 0 Å². The average Bonchev–Trinajstić information content (AvgIpc) is 0.918. The van der Waals surface area contributed by atoms with E-state index in [4.69, 9.17) is 0 Å². The van der Waals surface area contributed by atoms with Crippen LogP contribution in [-0.4, -0.2) is 37.7 Å². The summed E-state index contributed by atoms with van der Waals surface area (Å²) in [5.41, 5.74) is 0. The molecule has 0 aromatic heterocycles. The SMILES string of the molecule is C=CI.[CaH2]. The minimum absolute atomic E-state index is 0. The molecule has 0 amide bonds. The Morgan fingerprint density at radius 2 is 1.75 bits per heavy atom. The molecule has 0 rings (SSSR count). The first kappa shape index (κ1) is 9.21. The van der Waals surface area contributed by atoms with E-state index in [1.165, 1.54) is 0 Å². The third-order valence-electron chi connectivity index (χ3n) is 0. The second kappa shape index (κ2) is 8.83. The summed E-state index contributed by atoms with van der Waals surface area (Å²) in [7, 11) is 0. The maximum atomic E-state index is 3.35. The molecule has 0 spiro atoms. The van der Waals surface area contributed by atoms with E-state index in [1.54, 1.807) is 4.08 Å². The van der Waals surface area contributed by atoms with Crippen molar-refractivity contribution in [2.45, 2.75) is 0 Å². The molecule has 0 aromatic rings. The van der Waals surface area contributed by atoms with E-state index in [9.17, 15) is 0 Å². The Labute approximate surface area is 69.8 Å². The fourth-order valence-corrected chi connectivity index (χ4v) is 0. The van der Waals surface area contributed by atoms with E-state index in [0.29, 0.717) is 0 Å². The Balaban J connectivity index is 0. The van der Waals surface area contributed by atoms with Gasteiger partial charge in [-0.15, -0.1) is 0 Å². The van der Waals surface area contributed by atoms with E-state index in [-0.39, 0.29) is 37.7 Å². The molecule has 0 radical (unpaired) electrons. The topological polar surface area (TPSA) is 0 Å². The summed E-state index contributed by atoms with van der Waals surface area (Å²) in [6, 6.07) is 0. The Morgan fingerprint density at radius 1 is 1.75 bits per heavy atom. The van der Waals surface area contributed by atoms with E-state index in [2.05, 4.69) is 29.2 Å². The number of hydrogen-bond donors (Lipinski definition) is 0. The van der Waals surface area contributed by atoms with Gasteiger partial charge in [-0.3, -0.25) is 0 Å². The second-order valence-corrected chi connectivity index (χ2v) is 1.04. The van der Waals surface area contributed by atoms with Gasteiger partial charge in [0.1, 0.15) is 0 Å². The molecule has 0 aliphatic carbocycles. The fraction of sp³-hybridized carbons (Fsp3) is 0. The molecule has 0 aliphatic heterocycles. The zero-order valence-electron chi connectivity index (χ0n) is 1.66. The maximum absolute atomic E-state index is 3.35. The quantitative estimate of drug-likeness (QED) is 0.394. The van der Waals surface area contributed by atoms with Gasteiger partial charge in [-0.1, -0.05) is 29.2 Å². The van der Waals surface area contributed by atoms with Crippen LogP contribution < -0.4 is 0 Å². The Bertz CT molecular complexity index is 13.5. The number of halogens is 1. The van der Waals surface area contributed by atoms with E-state index >= 15 is 0 Å². The van der Waals surface area contributed by atoms with Gasteiger partial charge in [-0.05, 0) is 4.08 Å². The third-order valence-corrected chi connectivity index (χ3v) is 0. The molecule has 0 bridgehead atoms. The van der Waals surface area contributed by atoms with Crippen LogP contribution in [0.2, 0.25) is 0 Å². The molecule has 0 unspecified atom stereocenters. The molecule has 0 N–H and O–H groups in total. The van der Waals surface area contributed by atoms with Crippen molar-refractivity contribution < 1.29 is 0 Å². The monoisotopic (exact) mass is 196 g/mol. The van der Waals surface area contributed by atoms with Crippen LogP contribution in [-0.2, 0) is 0 Å². The van der Waals surface area contributed by atoms with Gasteiger partial charge in [-0.25, -0.2) is 0 Å². The van der Waals surface area contributed by atoms with Gasteiger partial charge in [0.05, 0.1) is 0 Å². The predicted octanol–water partition coefficient (Wildman–Crippen LogP) is 0.649. The van der Waals surface area contributed by atoms with Gasteiger partial charge < -0.3 is 0 Å². The molecule has 0 heterocycles. The van der Waals surface area contributed by atoms with Crippen molar-refractivity contribution >= 4 is 60.3 Å². The molecule has 0 saturated heterocycles. The van der Waals surface area contributed by atoms with Crippen molar-refractivity contribution in [1.82, 2.24) is 0 Å².